The number of carbonyl (C=O) groups is 3. The van der Waals surface area contributed by atoms with E-state index in [-0.39, 0.29) is 34.8 Å². The molecule has 7 rings (SSSR count). The minimum Gasteiger partial charge on any atom is -0.489 e. The first-order chi connectivity index (χ1) is 28.0. The summed E-state index contributed by atoms with van der Waals surface area (Å²) in [6, 6.07) is 32.3. The SMILES string of the molecule is Cc1c(C(=O)N(c2ccc(OCc3ccccc3)cc2)c2cc(C#N)n(C(F)F)c2C)cc(-c2cc3c(cc2C(=O)O)C(C(=O)OCc2ccccc2)NCC3)n1C. The number of alkyl halides is 2. The number of aromatic nitrogens is 2. The predicted molar refractivity (Wildman–Crippen MR) is 212 cm³/mol. The highest BCUT2D eigenvalue weighted by atomic mass is 19.3. The van der Waals surface area contributed by atoms with Crippen LogP contribution in [0.1, 0.15) is 72.6 Å². The molecule has 2 aromatic heterocycles. The monoisotopic (exact) mass is 783 g/mol. The largest absolute Gasteiger partial charge is 0.489 e. The van der Waals surface area contributed by atoms with E-state index in [1.807, 2.05) is 66.7 Å². The van der Waals surface area contributed by atoms with Crippen molar-refractivity contribution >= 4 is 29.2 Å². The Morgan fingerprint density at radius 1 is 0.897 bits per heavy atom. The van der Waals surface area contributed by atoms with Crippen molar-refractivity contribution in [2.45, 2.75) is 46.1 Å². The number of hydrogen-bond acceptors (Lipinski definition) is 7. The molecule has 4 aromatic carbocycles. The van der Waals surface area contributed by atoms with Gasteiger partial charge in [0.1, 0.15) is 36.8 Å². The van der Waals surface area contributed by atoms with Gasteiger partial charge >= 0.3 is 18.5 Å². The molecule has 0 spiro atoms. The number of benzene rings is 4. The Balaban J connectivity index is 1.26. The number of carbonyl (C=O) groups excluding carboxylic acids is 2. The Bertz CT molecular complexity index is 2540. The molecule has 58 heavy (non-hydrogen) atoms. The number of rotatable bonds is 12. The number of ether oxygens (including phenoxy) is 2. The molecular weight excluding hydrogens is 745 g/mol. The number of aromatic carboxylic acids is 1. The smallest absolute Gasteiger partial charge is 0.336 e. The fourth-order valence-corrected chi connectivity index (χ4v) is 7.28. The first-order valence-electron chi connectivity index (χ1n) is 18.5. The summed E-state index contributed by atoms with van der Waals surface area (Å²) in [5.74, 6) is -1.87. The van der Waals surface area contributed by atoms with Crippen molar-refractivity contribution in [3.63, 3.8) is 0 Å². The van der Waals surface area contributed by atoms with Crippen LogP contribution in [0, 0.1) is 25.2 Å². The first kappa shape index (κ1) is 39.2. The highest BCUT2D eigenvalue weighted by molar-refractivity contribution is 6.13. The van der Waals surface area contributed by atoms with Crippen molar-refractivity contribution in [1.29, 1.82) is 5.26 Å². The van der Waals surface area contributed by atoms with Crippen LogP contribution in [0.4, 0.5) is 20.2 Å². The molecule has 0 bridgehead atoms. The van der Waals surface area contributed by atoms with Crippen molar-refractivity contribution in [3.05, 3.63) is 160 Å². The van der Waals surface area contributed by atoms with E-state index in [1.54, 1.807) is 54.9 Å². The van der Waals surface area contributed by atoms with Gasteiger partial charge in [0.2, 0.25) is 0 Å². The van der Waals surface area contributed by atoms with Crippen molar-refractivity contribution in [2.75, 3.05) is 11.4 Å². The molecule has 11 nitrogen and oxygen atoms in total. The predicted octanol–water partition coefficient (Wildman–Crippen LogP) is 8.56. The van der Waals surface area contributed by atoms with Gasteiger partial charge < -0.3 is 24.5 Å². The summed E-state index contributed by atoms with van der Waals surface area (Å²) < 4.78 is 42.4. The van der Waals surface area contributed by atoms with Crippen LogP contribution in [0.5, 0.6) is 5.75 Å². The molecule has 3 heterocycles. The molecule has 294 valence electrons. The molecule has 0 aliphatic carbocycles. The third-order valence-electron chi connectivity index (χ3n) is 10.4. The van der Waals surface area contributed by atoms with Crippen LogP contribution in [0.3, 0.4) is 0 Å². The maximum atomic E-state index is 14.8. The number of nitriles is 1. The molecule has 0 saturated heterocycles. The number of anilines is 2. The van der Waals surface area contributed by atoms with Crippen LogP contribution >= 0.6 is 0 Å². The zero-order chi connectivity index (χ0) is 41.1. The number of halogens is 2. The van der Waals surface area contributed by atoms with Crippen molar-refractivity contribution in [3.8, 4) is 23.1 Å². The van der Waals surface area contributed by atoms with E-state index in [0.29, 0.717) is 58.1 Å². The Morgan fingerprint density at radius 2 is 1.55 bits per heavy atom. The van der Waals surface area contributed by atoms with Crippen LogP contribution in [0.25, 0.3) is 11.3 Å². The molecule has 1 unspecified atom stereocenters. The summed E-state index contributed by atoms with van der Waals surface area (Å²) in [7, 11) is 1.70. The van der Waals surface area contributed by atoms with Gasteiger partial charge in [0, 0.05) is 41.9 Å². The second-order valence-electron chi connectivity index (χ2n) is 13.9. The number of nitrogens with zero attached hydrogens (tertiary/aromatic N) is 4. The van der Waals surface area contributed by atoms with Gasteiger partial charge in [-0.25, -0.2) is 9.59 Å². The van der Waals surface area contributed by atoms with Gasteiger partial charge in [-0.3, -0.25) is 14.3 Å². The van der Waals surface area contributed by atoms with Crippen LogP contribution < -0.4 is 15.0 Å². The number of esters is 1. The van der Waals surface area contributed by atoms with Crippen LogP contribution in [0.2, 0.25) is 0 Å². The van der Waals surface area contributed by atoms with Gasteiger partial charge in [0.15, 0.2) is 0 Å². The normalized spacial score (nSPS) is 13.4. The summed E-state index contributed by atoms with van der Waals surface area (Å²) in [6.07, 6.45) is 0.500. The molecule has 0 saturated carbocycles. The van der Waals surface area contributed by atoms with Gasteiger partial charge in [0.05, 0.1) is 16.8 Å². The average molecular weight is 784 g/mol. The molecule has 6 aromatic rings. The number of carboxylic acids is 1. The molecule has 13 heteroatoms. The lowest BCUT2D eigenvalue weighted by molar-refractivity contribution is -0.147. The fourth-order valence-electron chi connectivity index (χ4n) is 7.28. The van der Waals surface area contributed by atoms with Gasteiger partial charge in [-0.1, -0.05) is 60.7 Å². The topological polar surface area (TPSA) is 139 Å². The molecular formula is C45H39F2N5O6. The lowest BCUT2D eigenvalue weighted by Crippen LogP contribution is -2.36. The number of nitrogens with one attached hydrogen (secondary N) is 1. The summed E-state index contributed by atoms with van der Waals surface area (Å²) >= 11 is 0. The maximum Gasteiger partial charge on any atom is 0.336 e. The van der Waals surface area contributed by atoms with E-state index in [2.05, 4.69) is 5.32 Å². The highest BCUT2D eigenvalue weighted by Gasteiger charge is 2.33. The van der Waals surface area contributed by atoms with Crippen LogP contribution in [0.15, 0.2) is 109 Å². The molecule has 1 aliphatic rings. The van der Waals surface area contributed by atoms with Gasteiger partial charge in [0.25, 0.3) is 5.91 Å². The summed E-state index contributed by atoms with van der Waals surface area (Å²) in [4.78, 5) is 42.3. The minimum atomic E-state index is -3.04. The Hall–Kier alpha value is -7.04. The third kappa shape index (κ3) is 7.70. The van der Waals surface area contributed by atoms with E-state index in [4.69, 9.17) is 9.47 Å². The lowest BCUT2D eigenvalue weighted by atomic mass is 9.88. The van der Waals surface area contributed by atoms with Crippen molar-refractivity contribution < 1.29 is 37.7 Å². The van der Waals surface area contributed by atoms with Gasteiger partial charge in [-0.2, -0.15) is 14.0 Å². The Kier molecular flexibility index (Phi) is 11.2. The molecule has 1 atom stereocenters. The lowest BCUT2D eigenvalue weighted by Gasteiger charge is -2.27. The van der Waals surface area contributed by atoms with Crippen LogP contribution in [-0.4, -0.2) is 38.6 Å². The quantitative estimate of drug-likeness (QED) is 0.118. The van der Waals surface area contributed by atoms with Gasteiger partial charge in [-0.15, -0.1) is 0 Å². The molecule has 2 N–H and O–H groups in total. The molecule has 0 fully saturated rings. The van der Waals surface area contributed by atoms with E-state index in [1.165, 1.54) is 24.0 Å². The second kappa shape index (κ2) is 16.6. The number of hydrogen-bond donors (Lipinski definition) is 2. The highest BCUT2D eigenvalue weighted by Crippen LogP contribution is 2.39. The average Bonchev–Trinajstić information content (AvgIpc) is 3.73. The summed E-state index contributed by atoms with van der Waals surface area (Å²) in [6.45, 7) is 0.868. The zero-order valence-corrected chi connectivity index (χ0v) is 31.9. The fraction of sp³-hybridized carbons (Fsp3) is 0.200. The third-order valence-corrected chi connectivity index (χ3v) is 10.4. The zero-order valence-electron chi connectivity index (χ0n) is 31.9. The minimum absolute atomic E-state index is 0.00794. The number of carboxylic acid groups (broad SMARTS) is 1. The van der Waals surface area contributed by atoms with Gasteiger partial charge in [-0.05, 0) is 91.1 Å². The molecule has 0 radical (unpaired) electrons. The molecule has 1 aliphatic heterocycles. The van der Waals surface area contributed by atoms with Crippen molar-refractivity contribution in [1.82, 2.24) is 14.5 Å². The Labute approximate surface area is 333 Å². The maximum absolute atomic E-state index is 14.8. The van der Waals surface area contributed by atoms with E-state index >= 15 is 0 Å². The van der Waals surface area contributed by atoms with E-state index in [9.17, 15) is 33.5 Å². The Morgan fingerprint density at radius 3 is 2.16 bits per heavy atom. The van der Waals surface area contributed by atoms with E-state index < -0.39 is 30.4 Å². The summed E-state index contributed by atoms with van der Waals surface area (Å²) in [5.41, 5.74) is 4.34. The number of fused-ring (bicyclic) bond motifs is 1. The van der Waals surface area contributed by atoms with Crippen molar-refractivity contribution in [2.24, 2.45) is 7.05 Å². The van der Waals surface area contributed by atoms with E-state index in [0.717, 1.165) is 16.7 Å². The standard InChI is InChI=1S/C45H39F2N5O6/c1-27-35(23-40(50(27)3)37-20-31-18-19-49-41(36(31)22-38(37)43(54)55)44(56)58-26-30-12-8-5-9-13-30)42(53)52(39-21-33(24-48)51(28(39)2)45(46)47)32-14-16-34(17-15-32)57-25-29-10-6-4-7-11-29/h4-17,20-23,41,45,49H,18-19,25-26H2,1-3H3,(H,54,55). The first-order valence-corrected chi connectivity index (χ1v) is 18.5. The number of amides is 1. The van der Waals surface area contributed by atoms with Crippen LogP contribution in [-0.2, 0) is 36.2 Å². The molecule has 1 amide bonds. The second-order valence-corrected chi connectivity index (χ2v) is 13.9. The summed E-state index contributed by atoms with van der Waals surface area (Å²) in [5, 5.41) is 23.4.